The second-order valence-electron chi connectivity index (χ2n) is 5.79. The van der Waals surface area contributed by atoms with E-state index in [1.165, 1.54) is 18.8 Å². The van der Waals surface area contributed by atoms with Crippen molar-refractivity contribution in [2.45, 2.75) is 23.3 Å². The standard InChI is InChI=1S/C19H24N2O4S2/c1-4-25-16-7-5-6-15(12-16)13-20-19(22)14-21(2)27(23,24)18-10-8-17(26-3)9-11-18/h5-12H,4,13-14H2,1-3H3,(H,20,22). The SMILES string of the molecule is CCOc1cccc(CNC(=O)CN(C)S(=O)(=O)c2ccc(SC)cc2)c1. The number of amides is 1. The van der Waals surface area contributed by atoms with Crippen LogP contribution in [0.15, 0.2) is 58.3 Å². The number of hydrogen-bond acceptors (Lipinski definition) is 5. The van der Waals surface area contributed by atoms with Crippen LogP contribution in [0, 0.1) is 0 Å². The number of thioether (sulfide) groups is 1. The van der Waals surface area contributed by atoms with E-state index in [2.05, 4.69) is 5.32 Å². The van der Waals surface area contributed by atoms with Crippen LogP contribution < -0.4 is 10.1 Å². The van der Waals surface area contributed by atoms with Gasteiger partial charge in [0.1, 0.15) is 5.75 Å². The molecule has 0 saturated heterocycles. The lowest BCUT2D eigenvalue weighted by Gasteiger charge is -2.17. The maximum Gasteiger partial charge on any atom is 0.243 e. The van der Waals surface area contributed by atoms with Crippen molar-refractivity contribution in [2.24, 2.45) is 0 Å². The van der Waals surface area contributed by atoms with Crippen LogP contribution in [-0.2, 0) is 21.4 Å². The van der Waals surface area contributed by atoms with Gasteiger partial charge in [0.25, 0.3) is 0 Å². The zero-order valence-electron chi connectivity index (χ0n) is 15.6. The number of sulfonamides is 1. The summed E-state index contributed by atoms with van der Waals surface area (Å²) in [6.07, 6.45) is 1.92. The summed E-state index contributed by atoms with van der Waals surface area (Å²) in [7, 11) is -2.32. The minimum atomic E-state index is -3.71. The van der Waals surface area contributed by atoms with Crippen LogP contribution in [0.25, 0.3) is 0 Å². The molecule has 1 N–H and O–H groups in total. The Balaban J connectivity index is 1.94. The van der Waals surface area contributed by atoms with Crippen molar-refractivity contribution in [1.29, 1.82) is 0 Å². The molecule has 146 valence electrons. The molecule has 27 heavy (non-hydrogen) atoms. The van der Waals surface area contributed by atoms with Crippen LogP contribution in [0.3, 0.4) is 0 Å². The lowest BCUT2D eigenvalue weighted by Crippen LogP contribution is -2.38. The molecule has 0 aliphatic carbocycles. The number of benzene rings is 2. The molecule has 6 nitrogen and oxygen atoms in total. The van der Waals surface area contributed by atoms with Gasteiger partial charge in [-0.1, -0.05) is 12.1 Å². The minimum absolute atomic E-state index is 0.167. The maximum atomic E-state index is 12.6. The fraction of sp³-hybridized carbons (Fsp3) is 0.316. The minimum Gasteiger partial charge on any atom is -0.494 e. The maximum absolute atomic E-state index is 12.6. The topological polar surface area (TPSA) is 75.7 Å². The Morgan fingerprint density at radius 1 is 1.19 bits per heavy atom. The van der Waals surface area contributed by atoms with Gasteiger partial charge < -0.3 is 10.1 Å². The number of carbonyl (C=O) groups excluding carboxylic acids is 1. The molecule has 0 saturated carbocycles. The summed E-state index contributed by atoms with van der Waals surface area (Å²) in [6, 6.07) is 14.0. The smallest absolute Gasteiger partial charge is 0.243 e. The summed E-state index contributed by atoms with van der Waals surface area (Å²) in [5.74, 6) is 0.362. The Kier molecular flexibility index (Phi) is 7.70. The molecule has 2 rings (SSSR count). The molecule has 0 radical (unpaired) electrons. The predicted molar refractivity (Wildman–Crippen MR) is 107 cm³/mol. The van der Waals surface area contributed by atoms with Crippen LogP contribution >= 0.6 is 11.8 Å². The van der Waals surface area contributed by atoms with E-state index in [1.807, 2.05) is 37.4 Å². The quantitative estimate of drug-likeness (QED) is 0.646. The van der Waals surface area contributed by atoms with Crippen molar-refractivity contribution in [3.05, 3.63) is 54.1 Å². The molecule has 0 heterocycles. The van der Waals surface area contributed by atoms with E-state index in [4.69, 9.17) is 4.74 Å². The Morgan fingerprint density at radius 2 is 1.89 bits per heavy atom. The highest BCUT2D eigenvalue weighted by molar-refractivity contribution is 7.98. The first kappa shape index (κ1) is 21.3. The van der Waals surface area contributed by atoms with Crippen molar-refractivity contribution in [1.82, 2.24) is 9.62 Å². The van der Waals surface area contributed by atoms with Crippen molar-refractivity contribution in [3.8, 4) is 5.75 Å². The average Bonchev–Trinajstić information content (AvgIpc) is 2.67. The highest BCUT2D eigenvalue weighted by Gasteiger charge is 2.22. The van der Waals surface area contributed by atoms with Crippen molar-refractivity contribution >= 4 is 27.7 Å². The molecule has 0 unspecified atom stereocenters. The van der Waals surface area contributed by atoms with Gasteiger partial charge in [0.2, 0.25) is 15.9 Å². The molecular weight excluding hydrogens is 384 g/mol. The molecule has 0 aromatic heterocycles. The van der Waals surface area contributed by atoms with Gasteiger partial charge in [-0.3, -0.25) is 4.79 Å². The second-order valence-corrected chi connectivity index (χ2v) is 8.72. The Bertz CT molecular complexity index is 868. The highest BCUT2D eigenvalue weighted by atomic mass is 32.2. The second kappa shape index (κ2) is 9.77. The summed E-state index contributed by atoms with van der Waals surface area (Å²) in [5, 5.41) is 2.74. The van der Waals surface area contributed by atoms with Gasteiger partial charge in [-0.25, -0.2) is 8.42 Å². The third-order valence-electron chi connectivity index (χ3n) is 3.83. The van der Waals surface area contributed by atoms with Crippen LogP contribution in [0.4, 0.5) is 0 Å². The van der Waals surface area contributed by atoms with Crippen molar-refractivity contribution in [2.75, 3.05) is 26.5 Å². The van der Waals surface area contributed by atoms with Gasteiger partial charge in [-0.2, -0.15) is 4.31 Å². The highest BCUT2D eigenvalue weighted by Crippen LogP contribution is 2.19. The Labute approximate surface area is 165 Å². The molecule has 0 atom stereocenters. The fourth-order valence-corrected chi connectivity index (χ4v) is 3.92. The average molecular weight is 409 g/mol. The van der Waals surface area contributed by atoms with Gasteiger partial charge in [-0.05, 0) is 55.1 Å². The van der Waals surface area contributed by atoms with E-state index < -0.39 is 10.0 Å². The predicted octanol–water partition coefficient (Wildman–Crippen LogP) is 2.74. The van der Waals surface area contributed by atoms with Crippen molar-refractivity contribution in [3.63, 3.8) is 0 Å². The van der Waals surface area contributed by atoms with Crippen LogP contribution in [0.2, 0.25) is 0 Å². The van der Waals surface area contributed by atoms with Crippen LogP contribution in [-0.4, -0.2) is 45.1 Å². The zero-order chi connectivity index (χ0) is 19.9. The zero-order valence-corrected chi connectivity index (χ0v) is 17.3. The first-order valence-corrected chi connectivity index (χ1v) is 11.1. The van der Waals surface area contributed by atoms with E-state index in [9.17, 15) is 13.2 Å². The molecule has 0 bridgehead atoms. The summed E-state index contributed by atoms with van der Waals surface area (Å²) in [5.41, 5.74) is 0.882. The summed E-state index contributed by atoms with van der Waals surface area (Å²) in [4.78, 5) is 13.3. The molecule has 0 spiro atoms. The number of nitrogens with zero attached hydrogens (tertiary/aromatic N) is 1. The van der Waals surface area contributed by atoms with E-state index in [1.54, 1.807) is 24.3 Å². The number of likely N-dealkylation sites (N-methyl/N-ethyl adjacent to an activating group) is 1. The lowest BCUT2D eigenvalue weighted by atomic mass is 10.2. The first-order valence-electron chi connectivity index (χ1n) is 8.45. The third-order valence-corrected chi connectivity index (χ3v) is 6.39. The van der Waals surface area contributed by atoms with Crippen LogP contribution in [0.5, 0.6) is 5.75 Å². The van der Waals surface area contributed by atoms with Gasteiger partial charge in [0.15, 0.2) is 0 Å². The van der Waals surface area contributed by atoms with E-state index in [0.717, 1.165) is 20.5 Å². The molecule has 1 amide bonds. The molecule has 0 fully saturated rings. The van der Waals surface area contributed by atoms with Gasteiger partial charge in [-0.15, -0.1) is 11.8 Å². The Morgan fingerprint density at radius 3 is 2.52 bits per heavy atom. The summed E-state index contributed by atoms with van der Waals surface area (Å²) < 4.78 is 31.6. The number of carbonyl (C=O) groups is 1. The van der Waals surface area contributed by atoms with E-state index in [-0.39, 0.29) is 17.3 Å². The fourth-order valence-electron chi connectivity index (χ4n) is 2.38. The molecule has 0 aliphatic rings. The third kappa shape index (κ3) is 5.98. The molecule has 2 aromatic carbocycles. The Hall–Kier alpha value is -2.03. The van der Waals surface area contributed by atoms with Gasteiger partial charge in [0, 0.05) is 18.5 Å². The van der Waals surface area contributed by atoms with E-state index in [0.29, 0.717) is 13.2 Å². The van der Waals surface area contributed by atoms with Crippen molar-refractivity contribution < 1.29 is 17.9 Å². The normalized spacial score (nSPS) is 11.4. The molecule has 8 heteroatoms. The molecule has 0 aliphatic heterocycles. The molecular formula is C19H24N2O4S2. The monoisotopic (exact) mass is 408 g/mol. The summed E-state index contributed by atoms with van der Waals surface area (Å²) >= 11 is 1.53. The largest absolute Gasteiger partial charge is 0.494 e. The summed E-state index contributed by atoms with van der Waals surface area (Å²) in [6.45, 7) is 2.52. The molecule has 2 aromatic rings. The van der Waals surface area contributed by atoms with Gasteiger partial charge >= 0.3 is 0 Å². The first-order chi connectivity index (χ1) is 12.9. The van der Waals surface area contributed by atoms with E-state index >= 15 is 0 Å². The van der Waals surface area contributed by atoms with Crippen LogP contribution in [0.1, 0.15) is 12.5 Å². The number of rotatable bonds is 9. The lowest BCUT2D eigenvalue weighted by molar-refractivity contribution is -0.121. The number of hydrogen-bond donors (Lipinski definition) is 1. The van der Waals surface area contributed by atoms with Gasteiger partial charge in [0.05, 0.1) is 18.0 Å². The number of ether oxygens (including phenoxy) is 1. The number of nitrogens with one attached hydrogen (secondary N) is 1.